The third kappa shape index (κ3) is 2.50. The molecule has 4 aliphatic carbocycles. The lowest BCUT2D eigenvalue weighted by molar-refractivity contribution is -0.147. The van der Waals surface area contributed by atoms with Crippen LogP contribution in [0.15, 0.2) is 0 Å². The van der Waals surface area contributed by atoms with Gasteiger partial charge in [-0.15, -0.1) is 0 Å². The Labute approximate surface area is 127 Å². The van der Waals surface area contributed by atoms with Gasteiger partial charge in [-0.1, -0.05) is 0 Å². The molecule has 4 saturated carbocycles. The molecular formula is C17H28N2O2. The van der Waals surface area contributed by atoms with Gasteiger partial charge in [0.05, 0.1) is 5.60 Å². The van der Waals surface area contributed by atoms with E-state index in [4.69, 9.17) is 0 Å². The Morgan fingerprint density at radius 1 is 1.14 bits per heavy atom. The maximum Gasteiger partial charge on any atom is 0.226 e. The fraction of sp³-hybridized carbons (Fsp3) is 0.941. The molecule has 0 spiro atoms. The van der Waals surface area contributed by atoms with Crippen molar-refractivity contribution in [3.8, 4) is 0 Å². The van der Waals surface area contributed by atoms with Crippen molar-refractivity contribution in [3.63, 3.8) is 0 Å². The van der Waals surface area contributed by atoms with Gasteiger partial charge in [-0.2, -0.15) is 0 Å². The quantitative estimate of drug-likeness (QED) is 0.737. The molecule has 3 N–H and O–H groups in total. The van der Waals surface area contributed by atoms with Gasteiger partial charge in [0.1, 0.15) is 0 Å². The first kappa shape index (κ1) is 14.0. The van der Waals surface area contributed by atoms with Gasteiger partial charge >= 0.3 is 0 Å². The minimum atomic E-state index is -0.740. The first-order valence-corrected chi connectivity index (χ1v) is 8.78. The molecule has 5 fully saturated rings. The minimum Gasteiger partial charge on any atom is -0.387 e. The zero-order valence-corrected chi connectivity index (χ0v) is 12.9. The van der Waals surface area contributed by atoms with Crippen LogP contribution in [0.2, 0.25) is 0 Å². The Bertz CT molecular complexity index is 393. The lowest BCUT2D eigenvalue weighted by atomic mass is 9.49. The number of piperidine rings is 1. The van der Waals surface area contributed by atoms with Gasteiger partial charge in [0, 0.05) is 18.5 Å². The monoisotopic (exact) mass is 292 g/mol. The summed E-state index contributed by atoms with van der Waals surface area (Å²) in [6.45, 7) is 2.00. The molecule has 1 saturated heterocycles. The number of rotatable bonds is 3. The second-order valence-electron chi connectivity index (χ2n) is 8.39. The highest BCUT2D eigenvalue weighted by molar-refractivity contribution is 5.83. The Kier molecular flexibility index (Phi) is 3.30. The Hall–Kier alpha value is -0.610. The molecule has 1 amide bonds. The van der Waals surface area contributed by atoms with Gasteiger partial charge in [0.15, 0.2) is 0 Å². The number of hydrogen-bond donors (Lipinski definition) is 3. The zero-order valence-electron chi connectivity index (χ0n) is 12.9. The molecule has 4 nitrogen and oxygen atoms in total. The smallest absolute Gasteiger partial charge is 0.226 e. The van der Waals surface area contributed by atoms with Crippen LogP contribution in [0.5, 0.6) is 0 Å². The van der Waals surface area contributed by atoms with Crippen LogP contribution in [0.25, 0.3) is 0 Å². The van der Waals surface area contributed by atoms with E-state index in [9.17, 15) is 9.90 Å². The molecule has 5 aliphatic rings. The molecule has 1 heterocycles. The normalized spacial score (nSPS) is 48.3. The molecule has 1 unspecified atom stereocenters. The highest BCUT2D eigenvalue weighted by Gasteiger charge is 2.54. The van der Waals surface area contributed by atoms with Crippen LogP contribution in [-0.2, 0) is 4.79 Å². The summed E-state index contributed by atoms with van der Waals surface area (Å²) in [5.41, 5.74) is -0.830. The summed E-state index contributed by atoms with van der Waals surface area (Å²) in [5, 5.41) is 16.9. The standard InChI is InChI=1S/C17H28N2O2/c20-15(19-11-17(21)2-1-3-18-10-17)16-7-12-4-13(8-16)6-14(5-12)9-16/h12-14,18,21H,1-11H2,(H,19,20). The molecule has 118 valence electrons. The van der Waals surface area contributed by atoms with Crippen molar-refractivity contribution < 1.29 is 9.90 Å². The van der Waals surface area contributed by atoms with E-state index < -0.39 is 5.60 Å². The summed E-state index contributed by atoms with van der Waals surface area (Å²) in [6.07, 6.45) is 9.16. The Morgan fingerprint density at radius 3 is 2.29 bits per heavy atom. The summed E-state index contributed by atoms with van der Waals surface area (Å²) in [5.74, 6) is 2.62. The number of nitrogens with one attached hydrogen (secondary N) is 2. The van der Waals surface area contributed by atoms with Gasteiger partial charge in [-0.25, -0.2) is 0 Å². The van der Waals surface area contributed by atoms with Gasteiger partial charge in [-0.05, 0) is 75.7 Å². The van der Waals surface area contributed by atoms with E-state index >= 15 is 0 Å². The first-order chi connectivity index (χ1) is 10.1. The number of aliphatic hydroxyl groups is 1. The molecule has 21 heavy (non-hydrogen) atoms. The average molecular weight is 292 g/mol. The van der Waals surface area contributed by atoms with Crippen molar-refractivity contribution in [2.45, 2.75) is 57.0 Å². The van der Waals surface area contributed by atoms with Gasteiger partial charge < -0.3 is 15.7 Å². The zero-order chi connectivity index (χ0) is 14.5. The van der Waals surface area contributed by atoms with Crippen LogP contribution in [0, 0.1) is 23.2 Å². The van der Waals surface area contributed by atoms with Crippen molar-refractivity contribution in [3.05, 3.63) is 0 Å². The van der Waals surface area contributed by atoms with Crippen LogP contribution in [-0.4, -0.2) is 36.2 Å². The molecule has 0 aromatic carbocycles. The van der Waals surface area contributed by atoms with E-state index in [-0.39, 0.29) is 11.3 Å². The second kappa shape index (κ2) is 4.95. The summed E-state index contributed by atoms with van der Waals surface area (Å²) < 4.78 is 0. The number of carbonyl (C=O) groups excluding carboxylic acids is 1. The third-order valence-corrected chi connectivity index (χ3v) is 6.55. The molecule has 0 radical (unpaired) electrons. The lowest BCUT2D eigenvalue weighted by Crippen LogP contribution is -2.58. The molecule has 1 aliphatic heterocycles. The van der Waals surface area contributed by atoms with Gasteiger partial charge in [-0.3, -0.25) is 4.79 Å². The predicted octanol–water partition coefficient (Wildman–Crippen LogP) is 1.43. The molecule has 0 aromatic heterocycles. The minimum absolute atomic E-state index is 0.0901. The van der Waals surface area contributed by atoms with E-state index in [1.165, 1.54) is 19.3 Å². The van der Waals surface area contributed by atoms with Crippen LogP contribution in [0.1, 0.15) is 51.4 Å². The molecule has 4 heteroatoms. The summed E-state index contributed by atoms with van der Waals surface area (Å²) in [4.78, 5) is 12.8. The van der Waals surface area contributed by atoms with Crippen LogP contribution >= 0.6 is 0 Å². The van der Waals surface area contributed by atoms with Gasteiger partial charge in [0.25, 0.3) is 0 Å². The van der Waals surface area contributed by atoms with Crippen molar-refractivity contribution in [2.24, 2.45) is 23.2 Å². The molecule has 1 atom stereocenters. The van der Waals surface area contributed by atoms with E-state index in [2.05, 4.69) is 10.6 Å². The molecular weight excluding hydrogens is 264 g/mol. The van der Waals surface area contributed by atoms with E-state index in [0.717, 1.165) is 56.4 Å². The Balaban J connectivity index is 1.41. The summed E-state index contributed by atoms with van der Waals surface area (Å²) >= 11 is 0. The maximum absolute atomic E-state index is 12.8. The molecule has 4 bridgehead atoms. The van der Waals surface area contributed by atoms with Gasteiger partial charge in [0.2, 0.25) is 5.91 Å². The topological polar surface area (TPSA) is 61.4 Å². The van der Waals surface area contributed by atoms with Crippen molar-refractivity contribution in [1.82, 2.24) is 10.6 Å². The summed E-state index contributed by atoms with van der Waals surface area (Å²) in [7, 11) is 0. The van der Waals surface area contributed by atoms with E-state index in [1.54, 1.807) is 0 Å². The number of β-amino-alcohol motifs (C(OH)–C–C–N with tert-alkyl or cyclic N) is 1. The fourth-order valence-electron chi connectivity index (χ4n) is 5.92. The lowest BCUT2D eigenvalue weighted by Gasteiger charge is -2.55. The largest absolute Gasteiger partial charge is 0.387 e. The number of hydrogen-bond acceptors (Lipinski definition) is 3. The number of amides is 1. The summed E-state index contributed by atoms with van der Waals surface area (Å²) in [6, 6.07) is 0. The first-order valence-electron chi connectivity index (χ1n) is 8.78. The SMILES string of the molecule is O=C(NCC1(O)CCCNC1)C12CC3CC(CC(C3)C1)C2. The van der Waals surface area contributed by atoms with E-state index in [0.29, 0.717) is 13.1 Å². The van der Waals surface area contributed by atoms with Crippen molar-refractivity contribution in [2.75, 3.05) is 19.6 Å². The predicted molar refractivity (Wildman–Crippen MR) is 80.7 cm³/mol. The number of carbonyl (C=O) groups is 1. The highest BCUT2D eigenvalue weighted by atomic mass is 16.3. The van der Waals surface area contributed by atoms with Crippen molar-refractivity contribution in [1.29, 1.82) is 0 Å². The molecule has 0 aromatic rings. The maximum atomic E-state index is 12.8. The fourth-order valence-corrected chi connectivity index (χ4v) is 5.92. The third-order valence-electron chi connectivity index (χ3n) is 6.55. The van der Waals surface area contributed by atoms with Crippen LogP contribution < -0.4 is 10.6 Å². The second-order valence-corrected chi connectivity index (χ2v) is 8.39. The molecule has 5 rings (SSSR count). The van der Waals surface area contributed by atoms with Crippen LogP contribution in [0.4, 0.5) is 0 Å². The average Bonchev–Trinajstić information content (AvgIpc) is 2.44. The Morgan fingerprint density at radius 2 is 1.76 bits per heavy atom. The van der Waals surface area contributed by atoms with Crippen LogP contribution in [0.3, 0.4) is 0 Å². The highest BCUT2D eigenvalue weighted by Crippen LogP contribution is 2.60. The van der Waals surface area contributed by atoms with Crippen molar-refractivity contribution >= 4 is 5.91 Å². The van der Waals surface area contributed by atoms with E-state index in [1.807, 2.05) is 0 Å².